The van der Waals surface area contributed by atoms with Crippen LogP contribution >= 0.6 is 0 Å². The van der Waals surface area contributed by atoms with Crippen molar-refractivity contribution in [2.75, 3.05) is 0 Å². The average molecular weight is 214 g/mol. The molecule has 0 saturated carbocycles. The summed E-state index contributed by atoms with van der Waals surface area (Å²) in [4.78, 5) is 0. The van der Waals surface area contributed by atoms with Gasteiger partial charge in [0.2, 0.25) is 0 Å². The SMILES string of the molecule is CC(O)C(C)Oc1ccc(F)cc1CO. The average Bonchev–Trinajstić information content (AvgIpc) is 2.20. The van der Waals surface area contributed by atoms with Crippen LogP contribution in [0, 0.1) is 5.82 Å². The van der Waals surface area contributed by atoms with E-state index < -0.39 is 18.0 Å². The van der Waals surface area contributed by atoms with Crippen LogP contribution in [0.5, 0.6) is 5.75 Å². The summed E-state index contributed by atoms with van der Waals surface area (Å²) >= 11 is 0. The summed E-state index contributed by atoms with van der Waals surface area (Å²) in [5, 5.41) is 18.2. The second-order valence-electron chi connectivity index (χ2n) is 3.47. The Morgan fingerprint density at radius 2 is 2.07 bits per heavy atom. The molecule has 2 N–H and O–H groups in total. The molecular weight excluding hydrogens is 199 g/mol. The minimum absolute atomic E-state index is 0.292. The number of ether oxygens (including phenoxy) is 1. The highest BCUT2D eigenvalue weighted by molar-refractivity contribution is 5.33. The van der Waals surface area contributed by atoms with E-state index in [1.54, 1.807) is 13.8 Å². The van der Waals surface area contributed by atoms with Crippen LogP contribution in [-0.4, -0.2) is 22.4 Å². The standard InChI is InChI=1S/C11H15FO3/c1-7(14)8(2)15-11-4-3-10(12)5-9(11)6-13/h3-5,7-8,13-14H,6H2,1-2H3. The van der Waals surface area contributed by atoms with Crippen LogP contribution in [0.4, 0.5) is 4.39 Å². The third kappa shape index (κ3) is 3.18. The zero-order valence-electron chi connectivity index (χ0n) is 8.77. The second kappa shape index (κ2) is 5.09. The molecule has 0 heterocycles. The van der Waals surface area contributed by atoms with Crippen molar-refractivity contribution in [3.8, 4) is 5.75 Å². The normalized spacial score (nSPS) is 14.7. The Balaban J connectivity index is 2.84. The van der Waals surface area contributed by atoms with Crippen LogP contribution in [0.15, 0.2) is 18.2 Å². The number of aliphatic hydroxyl groups is 2. The molecule has 0 saturated heterocycles. The van der Waals surface area contributed by atoms with E-state index in [1.807, 2.05) is 0 Å². The highest BCUT2D eigenvalue weighted by Crippen LogP contribution is 2.21. The van der Waals surface area contributed by atoms with Crippen LogP contribution in [0.25, 0.3) is 0 Å². The van der Waals surface area contributed by atoms with Crippen molar-refractivity contribution in [3.63, 3.8) is 0 Å². The monoisotopic (exact) mass is 214 g/mol. The number of hydrogen-bond acceptors (Lipinski definition) is 3. The molecule has 0 spiro atoms. The Hall–Kier alpha value is -1.13. The molecule has 0 aliphatic carbocycles. The summed E-state index contributed by atoms with van der Waals surface area (Å²) < 4.78 is 18.2. The van der Waals surface area contributed by atoms with E-state index in [2.05, 4.69) is 0 Å². The topological polar surface area (TPSA) is 49.7 Å². The number of rotatable bonds is 4. The van der Waals surface area contributed by atoms with Gasteiger partial charge in [0.15, 0.2) is 0 Å². The minimum atomic E-state index is -0.624. The van der Waals surface area contributed by atoms with Crippen molar-refractivity contribution >= 4 is 0 Å². The van der Waals surface area contributed by atoms with E-state index in [0.29, 0.717) is 11.3 Å². The quantitative estimate of drug-likeness (QED) is 0.797. The van der Waals surface area contributed by atoms with Gasteiger partial charge >= 0.3 is 0 Å². The van der Waals surface area contributed by atoms with Crippen LogP contribution < -0.4 is 4.74 Å². The van der Waals surface area contributed by atoms with Crippen molar-refractivity contribution in [1.82, 2.24) is 0 Å². The van der Waals surface area contributed by atoms with Crippen molar-refractivity contribution in [3.05, 3.63) is 29.6 Å². The molecule has 1 rings (SSSR count). The van der Waals surface area contributed by atoms with Gasteiger partial charge in [-0.25, -0.2) is 4.39 Å². The number of benzene rings is 1. The summed E-state index contributed by atoms with van der Waals surface area (Å²) in [6.45, 7) is 3.02. The van der Waals surface area contributed by atoms with Gasteiger partial charge in [-0.1, -0.05) is 0 Å². The molecule has 2 atom stereocenters. The van der Waals surface area contributed by atoms with Gasteiger partial charge in [0.25, 0.3) is 0 Å². The summed E-state index contributed by atoms with van der Waals surface area (Å²) in [7, 11) is 0. The van der Waals surface area contributed by atoms with Crippen molar-refractivity contribution in [1.29, 1.82) is 0 Å². The maximum atomic E-state index is 12.8. The van der Waals surface area contributed by atoms with Gasteiger partial charge in [-0.05, 0) is 32.0 Å². The molecule has 84 valence electrons. The minimum Gasteiger partial charge on any atom is -0.488 e. The molecule has 1 aromatic rings. The summed E-state index contributed by atoms with van der Waals surface area (Å²) in [6.07, 6.45) is -1.03. The van der Waals surface area contributed by atoms with Crippen LogP contribution in [0.1, 0.15) is 19.4 Å². The first-order chi connectivity index (χ1) is 7.04. The van der Waals surface area contributed by atoms with Gasteiger partial charge in [0.1, 0.15) is 17.7 Å². The third-order valence-corrected chi connectivity index (χ3v) is 2.19. The Morgan fingerprint density at radius 3 is 2.60 bits per heavy atom. The predicted octanol–water partition coefficient (Wildman–Crippen LogP) is 1.47. The highest BCUT2D eigenvalue weighted by atomic mass is 19.1. The molecule has 0 aliphatic rings. The molecule has 0 aromatic heterocycles. The molecule has 0 amide bonds. The van der Waals surface area contributed by atoms with E-state index in [1.165, 1.54) is 18.2 Å². The van der Waals surface area contributed by atoms with Gasteiger partial charge in [-0.2, -0.15) is 0 Å². The summed E-state index contributed by atoms with van der Waals surface area (Å²) in [5.41, 5.74) is 0.377. The molecule has 0 bridgehead atoms. The maximum Gasteiger partial charge on any atom is 0.125 e. The molecule has 4 heteroatoms. The van der Waals surface area contributed by atoms with E-state index in [0.717, 1.165) is 0 Å². The number of halogens is 1. The van der Waals surface area contributed by atoms with Gasteiger partial charge < -0.3 is 14.9 Å². The van der Waals surface area contributed by atoms with Gasteiger partial charge in [-0.3, -0.25) is 0 Å². The largest absolute Gasteiger partial charge is 0.488 e. The lowest BCUT2D eigenvalue weighted by molar-refractivity contribution is 0.0588. The molecule has 15 heavy (non-hydrogen) atoms. The van der Waals surface area contributed by atoms with Crippen molar-refractivity contribution in [2.45, 2.75) is 32.7 Å². The molecule has 3 nitrogen and oxygen atoms in total. The number of aliphatic hydroxyl groups excluding tert-OH is 2. The smallest absolute Gasteiger partial charge is 0.125 e. The van der Waals surface area contributed by atoms with E-state index in [-0.39, 0.29) is 6.61 Å². The lowest BCUT2D eigenvalue weighted by Gasteiger charge is -2.19. The first kappa shape index (κ1) is 11.9. The molecule has 0 radical (unpaired) electrons. The zero-order valence-corrected chi connectivity index (χ0v) is 8.77. The van der Waals surface area contributed by atoms with Crippen molar-refractivity contribution in [2.24, 2.45) is 0 Å². The third-order valence-electron chi connectivity index (χ3n) is 2.19. The molecule has 0 aliphatic heterocycles. The fourth-order valence-corrected chi connectivity index (χ4v) is 1.09. The van der Waals surface area contributed by atoms with Crippen LogP contribution in [-0.2, 0) is 6.61 Å². The molecule has 0 fully saturated rings. The predicted molar refractivity (Wildman–Crippen MR) is 54.1 cm³/mol. The highest BCUT2D eigenvalue weighted by Gasteiger charge is 2.13. The van der Waals surface area contributed by atoms with E-state index in [4.69, 9.17) is 9.84 Å². The lowest BCUT2D eigenvalue weighted by Crippen LogP contribution is -2.26. The fourth-order valence-electron chi connectivity index (χ4n) is 1.09. The van der Waals surface area contributed by atoms with Gasteiger partial charge in [-0.15, -0.1) is 0 Å². The Labute approximate surface area is 88.1 Å². The summed E-state index contributed by atoms with van der Waals surface area (Å²) in [6, 6.07) is 3.91. The first-order valence-corrected chi connectivity index (χ1v) is 4.78. The van der Waals surface area contributed by atoms with Crippen LogP contribution in [0.2, 0.25) is 0 Å². The fraction of sp³-hybridized carbons (Fsp3) is 0.455. The van der Waals surface area contributed by atoms with E-state index in [9.17, 15) is 9.50 Å². The maximum absolute atomic E-state index is 12.8. The molecule has 1 aromatic carbocycles. The zero-order chi connectivity index (χ0) is 11.4. The second-order valence-corrected chi connectivity index (χ2v) is 3.47. The summed E-state index contributed by atoms with van der Waals surface area (Å²) in [5.74, 6) is -0.0246. The lowest BCUT2D eigenvalue weighted by atomic mass is 10.2. The van der Waals surface area contributed by atoms with Crippen molar-refractivity contribution < 1.29 is 19.3 Å². The number of hydrogen-bond donors (Lipinski definition) is 2. The van der Waals surface area contributed by atoms with Crippen LogP contribution in [0.3, 0.4) is 0 Å². The molecule has 2 unspecified atom stereocenters. The van der Waals surface area contributed by atoms with Gasteiger partial charge in [0.05, 0.1) is 12.7 Å². The first-order valence-electron chi connectivity index (χ1n) is 4.78. The Bertz CT molecular complexity index is 326. The Morgan fingerprint density at radius 1 is 1.40 bits per heavy atom. The Kier molecular flexibility index (Phi) is 4.05. The van der Waals surface area contributed by atoms with Gasteiger partial charge in [0, 0.05) is 5.56 Å². The molecular formula is C11H15FO3. The van der Waals surface area contributed by atoms with E-state index >= 15 is 0 Å².